The zero-order valence-electron chi connectivity index (χ0n) is 12.5. The van der Waals surface area contributed by atoms with E-state index < -0.39 is 0 Å². The van der Waals surface area contributed by atoms with Gasteiger partial charge >= 0.3 is 0 Å². The van der Waals surface area contributed by atoms with Gasteiger partial charge in [-0.2, -0.15) is 0 Å². The summed E-state index contributed by atoms with van der Waals surface area (Å²) in [6, 6.07) is 5.88. The van der Waals surface area contributed by atoms with Crippen LogP contribution in [0.1, 0.15) is 5.56 Å². The Labute approximate surface area is 120 Å². The van der Waals surface area contributed by atoms with E-state index in [4.69, 9.17) is 14.2 Å². The second kappa shape index (κ2) is 7.47. The molecule has 2 rings (SSSR count). The molecular weight excluding hydrogens is 256 g/mol. The average molecular weight is 280 g/mol. The van der Waals surface area contributed by atoms with Crippen LogP contribution in [0.3, 0.4) is 0 Å². The number of ether oxygens (including phenoxy) is 3. The summed E-state index contributed by atoms with van der Waals surface area (Å²) in [6.07, 6.45) is 0.262. The molecule has 1 aromatic rings. The van der Waals surface area contributed by atoms with Crippen molar-refractivity contribution < 1.29 is 14.2 Å². The molecule has 0 saturated carbocycles. The van der Waals surface area contributed by atoms with Gasteiger partial charge in [-0.3, -0.25) is 0 Å². The first-order valence-corrected chi connectivity index (χ1v) is 6.94. The quantitative estimate of drug-likeness (QED) is 0.846. The topological polar surface area (TPSA) is 43.0 Å². The Morgan fingerprint density at radius 3 is 2.90 bits per heavy atom. The molecule has 1 aliphatic heterocycles. The molecular formula is C15H24N2O3. The van der Waals surface area contributed by atoms with Crippen molar-refractivity contribution in [1.29, 1.82) is 0 Å². The van der Waals surface area contributed by atoms with Gasteiger partial charge in [-0.1, -0.05) is 6.07 Å². The predicted molar refractivity (Wildman–Crippen MR) is 78.5 cm³/mol. The molecule has 0 amide bonds. The second-order valence-electron chi connectivity index (χ2n) is 5.06. The van der Waals surface area contributed by atoms with E-state index in [1.54, 1.807) is 14.2 Å². The van der Waals surface area contributed by atoms with Gasteiger partial charge < -0.3 is 24.4 Å². The van der Waals surface area contributed by atoms with Crippen LogP contribution in [0.15, 0.2) is 18.2 Å². The summed E-state index contributed by atoms with van der Waals surface area (Å²) in [5, 5.41) is 3.43. The van der Waals surface area contributed by atoms with Crippen molar-refractivity contribution in [2.45, 2.75) is 12.6 Å². The van der Waals surface area contributed by atoms with Gasteiger partial charge in [-0.15, -0.1) is 0 Å². The fraction of sp³-hybridized carbons (Fsp3) is 0.600. The molecule has 1 fully saturated rings. The van der Waals surface area contributed by atoms with E-state index in [1.807, 2.05) is 18.2 Å². The fourth-order valence-electron chi connectivity index (χ4n) is 2.36. The van der Waals surface area contributed by atoms with Crippen LogP contribution in [0.4, 0.5) is 0 Å². The molecule has 0 aliphatic carbocycles. The lowest BCUT2D eigenvalue weighted by molar-refractivity contribution is -0.0182. The molecule has 0 aromatic heterocycles. The van der Waals surface area contributed by atoms with Crippen LogP contribution >= 0.6 is 0 Å². The maximum absolute atomic E-state index is 5.72. The highest BCUT2D eigenvalue weighted by molar-refractivity contribution is 5.40. The Hall–Kier alpha value is -1.30. The van der Waals surface area contributed by atoms with Crippen molar-refractivity contribution >= 4 is 0 Å². The van der Waals surface area contributed by atoms with Crippen LogP contribution in [-0.2, 0) is 11.3 Å². The number of nitrogens with one attached hydrogen (secondary N) is 1. The summed E-state index contributed by atoms with van der Waals surface area (Å²) >= 11 is 0. The van der Waals surface area contributed by atoms with Gasteiger partial charge in [0, 0.05) is 37.8 Å². The molecule has 20 heavy (non-hydrogen) atoms. The SMILES string of the molecule is COc1ccc(CNCC2CN(C)CCO2)c(OC)c1. The lowest BCUT2D eigenvalue weighted by atomic mass is 10.2. The minimum Gasteiger partial charge on any atom is -0.497 e. The van der Waals surface area contributed by atoms with Crippen molar-refractivity contribution in [3.63, 3.8) is 0 Å². The van der Waals surface area contributed by atoms with Crippen LogP contribution < -0.4 is 14.8 Å². The minimum absolute atomic E-state index is 0.262. The molecule has 1 heterocycles. The number of likely N-dealkylation sites (N-methyl/N-ethyl adjacent to an activating group) is 1. The number of morpholine rings is 1. The zero-order valence-corrected chi connectivity index (χ0v) is 12.5. The molecule has 1 unspecified atom stereocenters. The second-order valence-corrected chi connectivity index (χ2v) is 5.06. The van der Waals surface area contributed by atoms with Crippen molar-refractivity contribution in [3.8, 4) is 11.5 Å². The Morgan fingerprint density at radius 1 is 1.35 bits per heavy atom. The van der Waals surface area contributed by atoms with Crippen LogP contribution in [0, 0.1) is 0 Å². The Balaban J connectivity index is 1.84. The summed E-state index contributed by atoms with van der Waals surface area (Å²) in [5.41, 5.74) is 1.12. The Bertz CT molecular complexity index is 426. The van der Waals surface area contributed by atoms with Crippen LogP contribution in [0.25, 0.3) is 0 Å². The maximum Gasteiger partial charge on any atom is 0.127 e. The van der Waals surface area contributed by atoms with Crippen LogP contribution in [0.5, 0.6) is 11.5 Å². The number of rotatable bonds is 6. The molecule has 112 valence electrons. The summed E-state index contributed by atoms with van der Waals surface area (Å²) in [6.45, 7) is 4.42. The van der Waals surface area contributed by atoms with Gasteiger partial charge in [0.05, 0.1) is 26.9 Å². The number of nitrogens with zero attached hydrogens (tertiary/aromatic N) is 1. The van der Waals surface area contributed by atoms with E-state index in [-0.39, 0.29) is 6.10 Å². The first-order valence-electron chi connectivity index (χ1n) is 6.94. The minimum atomic E-state index is 0.262. The summed E-state index contributed by atoms with van der Waals surface area (Å²) in [4.78, 5) is 2.30. The van der Waals surface area contributed by atoms with Crippen LogP contribution in [-0.4, -0.2) is 58.5 Å². The van der Waals surface area contributed by atoms with Gasteiger partial charge in [-0.05, 0) is 13.1 Å². The van der Waals surface area contributed by atoms with E-state index in [2.05, 4.69) is 17.3 Å². The average Bonchev–Trinajstić information content (AvgIpc) is 2.47. The molecule has 0 spiro atoms. The lowest BCUT2D eigenvalue weighted by Gasteiger charge is -2.30. The maximum atomic E-state index is 5.72. The Kier molecular flexibility index (Phi) is 5.64. The van der Waals surface area contributed by atoms with Gasteiger partial charge in [0.25, 0.3) is 0 Å². The summed E-state index contributed by atoms with van der Waals surface area (Å²) in [7, 11) is 5.46. The predicted octanol–water partition coefficient (Wildman–Crippen LogP) is 1.12. The van der Waals surface area contributed by atoms with Crippen molar-refractivity contribution in [2.24, 2.45) is 0 Å². The Morgan fingerprint density at radius 2 is 2.20 bits per heavy atom. The number of benzene rings is 1. The summed E-state index contributed by atoms with van der Waals surface area (Å²) < 4.78 is 16.3. The fourth-order valence-corrected chi connectivity index (χ4v) is 2.36. The third kappa shape index (κ3) is 4.10. The van der Waals surface area contributed by atoms with E-state index in [1.165, 1.54) is 0 Å². The van der Waals surface area contributed by atoms with Crippen molar-refractivity contribution in [3.05, 3.63) is 23.8 Å². The van der Waals surface area contributed by atoms with Crippen LogP contribution in [0.2, 0.25) is 0 Å². The first kappa shape index (κ1) is 15.1. The molecule has 1 aromatic carbocycles. The lowest BCUT2D eigenvalue weighted by Crippen LogP contribution is -2.44. The number of hydrogen-bond donors (Lipinski definition) is 1. The highest BCUT2D eigenvalue weighted by Gasteiger charge is 2.17. The monoisotopic (exact) mass is 280 g/mol. The number of hydrogen-bond acceptors (Lipinski definition) is 5. The highest BCUT2D eigenvalue weighted by atomic mass is 16.5. The first-order chi connectivity index (χ1) is 9.72. The van der Waals surface area contributed by atoms with Crippen molar-refractivity contribution in [2.75, 3.05) is 47.5 Å². The van der Waals surface area contributed by atoms with Gasteiger partial charge in [0.1, 0.15) is 11.5 Å². The van der Waals surface area contributed by atoms with E-state index in [9.17, 15) is 0 Å². The largest absolute Gasteiger partial charge is 0.497 e. The molecule has 1 N–H and O–H groups in total. The molecule has 5 heteroatoms. The van der Waals surface area contributed by atoms with E-state index >= 15 is 0 Å². The third-order valence-corrected chi connectivity index (χ3v) is 3.52. The van der Waals surface area contributed by atoms with Gasteiger partial charge in [0.2, 0.25) is 0 Å². The molecule has 1 atom stereocenters. The van der Waals surface area contributed by atoms with E-state index in [0.29, 0.717) is 0 Å². The molecule has 1 aliphatic rings. The molecule has 5 nitrogen and oxygen atoms in total. The highest BCUT2D eigenvalue weighted by Crippen LogP contribution is 2.24. The summed E-state index contributed by atoms with van der Waals surface area (Å²) in [5.74, 6) is 1.65. The standard InChI is InChI=1S/C15H24N2O3/c1-17-6-7-20-14(11-17)10-16-9-12-4-5-13(18-2)8-15(12)19-3/h4-5,8,14,16H,6-7,9-11H2,1-3H3. The smallest absolute Gasteiger partial charge is 0.127 e. The van der Waals surface area contributed by atoms with Gasteiger partial charge in [0.15, 0.2) is 0 Å². The molecule has 1 saturated heterocycles. The molecule has 0 radical (unpaired) electrons. The molecule has 0 bridgehead atoms. The number of methoxy groups -OCH3 is 2. The van der Waals surface area contributed by atoms with E-state index in [0.717, 1.165) is 49.8 Å². The van der Waals surface area contributed by atoms with Gasteiger partial charge in [-0.25, -0.2) is 0 Å². The van der Waals surface area contributed by atoms with Crippen molar-refractivity contribution in [1.82, 2.24) is 10.2 Å². The zero-order chi connectivity index (χ0) is 14.4. The normalized spacial score (nSPS) is 19.9. The third-order valence-electron chi connectivity index (χ3n) is 3.52.